The first-order chi connectivity index (χ1) is 10.9. The summed E-state index contributed by atoms with van der Waals surface area (Å²) in [7, 11) is 3.69. The van der Waals surface area contributed by atoms with Crippen molar-refractivity contribution < 1.29 is 32.2 Å². The zero-order chi connectivity index (χ0) is 18.5. The van der Waals surface area contributed by atoms with Crippen LogP contribution < -0.4 is 0 Å². The fourth-order valence-corrected chi connectivity index (χ4v) is 2.89. The smallest absolute Gasteiger partial charge is 0.429 e. The van der Waals surface area contributed by atoms with E-state index in [-0.39, 0.29) is 18.6 Å². The van der Waals surface area contributed by atoms with E-state index in [1.807, 2.05) is 0 Å². The van der Waals surface area contributed by atoms with E-state index in [1.54, 1.807) is 13.8 Å². The molecule has 1 aliphatic carbocycles. The van der Waals surface area contributed by atoms with Gasteiger partial charge >= 0.3 is 12.1 Å². The van der Waals surface area contributed by atoms with Crippen LogP contribution in [-0.4, -0.2) is 55.6 Å². The molecule has 0 saturated heterocycles. The lowest BCUT2D eigenvalue weighted by atomic mass is 9.71. The fraction of sp³-hybridized carbons (Fsp3) is 0.667. The molecule has 1 heterocycles. The van der Waals surface area contributed by atoms with E-state index in [9.17, 15) is 22.8 Å². The van der Waals surface area contributed by atoms with Crippen molar-refractivity contribution >= 4 is 17.8 Å². The van der Waals surface area contributed by atoms with E-state index in [0.717, 1.165) is 7.11 Å². The van der Waals surface area contributed by atoms with Crippen molar-refractivity contribution in [1.29, 1.82) is 0 Å². The SMILES string of the molecule is COC(=O)[C@@]1(C(F)(F)F)N=C(N(C)C)OC2=C1C(=O)CC(C)(C)C2. The largest absolute Gasteiger partial charge is 0.467 e. The van der Waals surface area contributed by atoms with Crippen molar-refractivity contribution in [1.82, 2.24) is 4.90 Å². The topological polar surface area (TPSA) is 68.2 Å². The molecule has 1 atom stereocenters. The van der Waals surface area contributed by atoms with Crippen LogP contribution in [0.15, 0.2) is 16.3 Å². The number of amidine groups is 1. The maximum Gasteiger partial charge on any atom is 0.429 e. The van der Waals surface area contributed by atoms with Crippen LogP contribution in [0.5, 0.6) is 0 Å². The first-order valence-corrected chi connectivity index (χ1v) is 7.23. The number of hydrogen-bond acceptors (Lipinski definition) is 6. The second kappa shape index (κ2) is 5.49. The summed E-state index contributed by atoms with van der Waals surface area (Å²) in [6.45, 7) is 3.49. The molecule has 0 N–H and O–H groups in total. The summed E-state index contributed by atoms with van der Waals surface area (Å²) in [6, 6.07) is -0.401. The molecule has 9 heteroatoms. The number of nitrogens with zero attached hydrogens (tertiary/aromatic N) is 2. The number of halogens is 3. The molecule has 2 rings (SSSR count). The monoisotopic (exact) mass is 348 g/mol. The van der Waals surface area contributed by atoms with Crippen LogP contribution in [0.3, 0.4) is 0 Å². The highest BCUT2D eigenvalue weighted by Gasteiger charge is 2.69. The lowest BCUT2D eigenvalue weighted by Gasteiger charge is -2.41. The molecule has 0 aromatic rings. The van der Waals surface area contributed by atoms with Crippen molar-refractivity contribution in [3.63, 3.8) is 0 Å². The lowest BCUT2D eigenvalue weighted by molar-refractivity contribution is -0.198. The van der Waals surface area contributed by atoms with Gasteiger partial charge in [0.05, 0.1) is 12.7 Å². The number of ketones is 1. The van der Waals surface area contributed by atoms with E-state index < -0.39 is 40.5 Å². The van der Waals surface area contributed by atoms with Gasteiger partial charge in [0.2, 0.25) is 0 Å². The molecule has 0 spiro atoms. The highest BCUT2D eigenvalue weighted by Crippen LogP contribution is 2.50. The third-order valence-electron chi connectivity index (χ3n) is 3.95. The Kier molecular flexibility index (Phi) is 4.18. The van der Waals surface area contributed by atoms with Crippen molar-refractivity contribution in [3.05, 3.63) is 11.3 Å². The van der Waals surface area contributed by atoms with Crippen LogP contribution in [0.25, 0.3) is 0 Å². The van der Waals surface area contributed by atoms with Gasteiger partial charge < -0.3 is 14.4 Å². The third-order valence-corrected chi connectivity index (χ3v) is 3.95. The molecule has 2 aliphatic rings. The van der Waals surface area contributed by atoms with E-state index in [4.69, 9.17) is 4.74 Å². The number of alkyl halides is 3. The number of rotatable bonds is 1. The number of allylic oxidation sites excluding steroid dienone is 1. The molecule has 0 fully saturated rings. The van der Waals surface area contributed by atoms with Crippen LogP contribution in [0.1, 0.15) is 26.7 Å². The summed E-state index contributed by atoms with van der Waals surface area (Å²) < 4.78 is 51.6. The summed E-state index contributed by atoms with van der Waals surface area (Å²) in [5, 5.41) is 0. The molecular weight excluding hydrogens is 329 g/mol. The average Bonchev–Trinajstić information content (AvgIpc) is 2.41. The van der Waals surface area contributed by atoms with Crippen molar-refractivity contribution in [2.24, 2.45) is 10.4 Å². The van der Waals surface area contributed by atoms with Gasteiger partial charge in [0.25, 0.3) is 11.6 Å². The Labute approximate surface area is 137 Å². The highest BCUT2D eigenvalue weighted by atomic mass is 19.4. The van der Waals surface area contributed by atoms with Crippen molar-refractivity contribution in [2.45, 2.75) is 38.4 Å². The molecule has 0 amide bonds. The van der Waals surface area contributed by atoms with Crippen LogP contribution in [0, 0.1) is 5.41 Å². The number of ether oxygens (including phenoxy) is 2. The first-order valence-electron chi connectivity index (χ1n) is 7.23. The maximum atomic E-state index is 13.9. The van der Waals surface area contributed by atoms with Crippen molar-refractivity contribution in [2.75, 3.05) is 21.2 Å². The molecule has 0 saturated carbocycles. The zero-order valence-electron chi connectivity index (χ0n) is 14.1. The second-order valence-corrected chi connectivity index (χ2v) is 6.83. The summed E-state index contributed by atoms with van der Waals surface area (Å²) in [5.41, 5.74) is -4.76. The Morgan fingerprint density at radius 3 is 2.33 bits per heavy atom. The number of aliphatic imine (C=N–C) groups is 1. The van der Waals surface area contributed by atoms with Gasteiger partial charge in [0, 0.05) is 26.9 Å². The minimum atomic E-state index is -5.15. The normalized spacial score (nSPS) is 26.3. The molecule has 0 aromatic carbocycles. The summed E-state index contributed by atoms with van der Waals surface area (Å²) in [5.74, 6) is -2.65. The van der Waals surface area contributed by atoms with Gasteiger partial charge in [-0.05, 0) is 5.41 Å². The Hall–Kier alpha value is -2.06. The van der Waals surface area contributed by atoms with E-state index in [2.05, 4.69) is 9.73 Å². The summed E-state index contributed by atoms with van der Waals surface area (Å²) >= 11 is 0. The predicted molar refractivity (Wildman–Crippen MR) is 78.1 cm³/mol. The van der Waals surface area contributed by atoms with E-state index >= 15 is 0 Å². The Bertz CT molecular complexity index is 650. The van der Waals surface area contributed by atoms with Gasteiger partial charge in [-0.1, -0.05) is 13.8 Å². The van der Waals surface area contributed by atoms with Crippen molar-refractivity contribution in [3.8, 4) is 0 Å². The van der Waals surface area contributed by atoms with Gasteiger partial charge in [0.15, 0.2) is 5.78 Å². The quantitative estimate of drug-likeness (QED) is 0.679. The number of carbonyl (C=O) groups excluding carboxylic acids is 2. The second-order valence-electron chi connectivity index (χ2n) is 6.83. The fourth-order valence-electron chi connectivity index (χ4n) is 2.89. The molecule has 0 aromatic heterocycles. The summed E-state index contributed by atoms with van der Waals surface area (Å²) in [4.78, 5) is 29.3. The first kappa shape index (κ1) is 18.3. The maximum absolute atomic E-state index is 13.9. The number of methoxy groups -OCH3 is 1. The Morgan fingerprint density at radius 1 is 1.29 bits per heavy atom. The third kappa shape index (κ3) is 2.65. The highest BCUT2D eigenvalue weighted by molar-refractivity contribution is 6.09. The van der Waals surface area contributed by atoms with Gasteiger partial charge in [-0.15, -0.1) is 0 Å². The van der Waals surface area contributed by atoms with Crippen LogP contribution in [0.2, 0.25) is 0 Å². The van der Waals surface area contributed by atoms with Gasteiger partial charge in [-0.3, -0.25) is 4.79 Å². The zero-order valence-corrected chi connectivity index (χ0v) is 14.1. The number of esters is 1. The molecule has 24 heavy (non-hydrogen) atoms. The number of Topliss-reactive ketones (excluding diaryl/α,β-unsaturated/α-hetero) is 1. The van der Waals surface area contributed by atoms with Crippen LogP contribution in [0.4, 0.5) is 13.2 Å². The minimum absolute atomic E-state index is 0.0791. The minimum Gasteiger partial charge on any atom is -0.467 e. The van der Waals surface area contributed by atoms with E-state index in [1.165, 1.54) is 19.0 Å². The molecule has 0 radical (unpaired) electrons. The van der Waals surface area contributed by atoms with Crippen LogP contribution in [-0.2, 0) is 19.1 Å². The number of carbonyl (C=O) groups is 2. The van der Waals surface area contributed by atoms with Gasteiger partial charge in [0.1, 0.15) is 5.76 Å². The summed E-state index contributed by atoms with van der Waals surface area (Å²) in [6.07, 6.45) is -5.21. The predicted octanol–water partition coefficient (Wildman–Crippen LogP) is 2.05. The molecule has 0 bridgehead atoms. The average molecular weight is 348 g/mol. The molecule has 1 aliphatic heterocycles. The van der Waals surface area contributed by atoms with E-state index in [0.29, 0.717) is 0 Å². The molecule has 6 nitrogen and oxygen atoms in total. The lowest BCUT2D eigenvalue weighted by Crippen LogP contribution is -2.59. The number of hydrogen-bond donors (Lipinski definition) is 0. The molecule has 134 valence electrons. The Morgan fingerprint density at radius 2 is 1.88 bits per heavy atom. The van der Waals surface area contributed by atoms with Gasteiger partial charge in [-0.2, -0.15) is 13.2 Å². The van der Waals surface area contributed by atoms with Gasteiger partial charge in [-0.25, -0.2) is 9.79 Å². The standard InChI is InChI=1S/C15H19F3N2O4/c1-13(2)6-8(21)10-9(7-13)24-12(20(3)4)19-14(10,11(22)23-5)15(16,17)18/h6-7H2,1-5H3/t14-/m0/s1. The molecular formula is C15H19F3N2O4. The van der Waals surface area contributed by atoms with Crippen LogP contribution >= 0.6 is 0 Å². The molecule has 0 unspecified atom stereocenters. The Balaban J connectivity index is 2.80.